The molecule has 0 aliphatic rings. The van der Waals surface area contributed by atoms with Crippen molar-refractivity contribution >= 4 is 33.1 Å². The van der Waals surface area contributed by atoms with E-state index in [1.807, 2.05) is 6.92 Å². The molecule has 106 valence electrons. The molecule has 0 saturated carbocycles. The topological polar surface area (TPSA) is 73.1 Å². The second kappa shape index (κ2) is 6.51. The van der Waals surface area contributed by atoms with Crippen LogP contribution in [0.4, 0.5) is 21.6 Å². The van der Waals surface area contributed by atoms with Crippen molar-refractivity contribution in [2.45, 2.75) is 13.3 Å². The molecule has 2 aromatic rings. The Morgan fingerprint density at radius 2 is 2.20 bits per heavy atom. The summed E-state index contributed by atoms with van der Waals surface area (Å²) >= 11 is 3.10. The highest BCUT2D eigenvalue weighted by Gasteiger charge is 2.10. The third-order valence-corrected chi connectivity index (χ3v) is 3.12. The first kappa shape index (κ1) is 14.5. The van der Waals surface area contributed by atoms with Crippen molar-refractivity contribution in [1.82, 2.24) is 9.97 Å². The van der Waals surface area contributed by atoms with Gasteiger partial charge in [0.1, 0.15) is 17.8 Å². The maximum absolute atomic E-state index is 13.5. The van der Waals surface area contributed by atoms with Gasteiger partial charge in [0.2, 0.25) is 5.88 Å². The largest absolute Gasteiger partial charge is 0.476 e. The number of halogens is 2. The van der Waals surface area contributed by atoms with Crippen LogP contribution in [0.2, 0.25) is 0 Å². The SMILES string of the molecule is CCCOc1ncnc(Nc2ccc(Br)c(F)c2)c1N. The third kappa shape index (κ3) is 3.36. The molecule has 0 radical (unpaired) electrons. The average Bonchev–Trinajstić information content (AvgIpc) is 2.44. The lowest BCUT2D eigenvalue weighted by Gasteiger charge is -2.11. The fourth-order valence-corrected chi connectivity index (χ4v) is 1.75. The van der Waals surface area contributed by atoms with Gasteiger partial charge in [-0.15, -0.1) is 0 Å². The molecule has 5 nitrogen and oxygen atoms in total. The summed E-state index contributed by atoms with van der Waals surface area (Å²) in [6, 6.07) is 4.66. The molecule has 7 heteroatoms. The predicted octanol–water partition coefficient (Wildman–Crippen LogP) is 3.49. The summed E-state index contributed by atoms with van der Waals surface area (Å²) in [5.74, 6) is 0.333. The van der Waals surface area contributed by atoms with E-state index >= 15 is 0 Å². The molecule has 0 fully saturated rings. The highest BCUT2D eigenvalue weighted by atomic mass is 79.9. The normalized spacial score (nSPS) is 10.3. The molecular formula is C13H14BrFN4O. The number of nitrogen functional groups attached to an aromatic ring is 1. The summed E-state index contributed by atoms with van der Waals surface area (Å²) in [5, 5.41) is 2.94. The summed E-state index contributed by atoms with van der Waals surface area (Å²) in [6.45, 7) is 2.51. The Hall–Kier alpha value is -1.89. The number of nitrogens with two attached hydrogens (primary N) is 1. The van der Waals surface area contributed by atoms with E-state index in [0.717, 1.165) is 6.42 Å². The molecular weight excluding hydrogens is 327 g/mol. The first-order chi connectivity index (χ1) is 9.61. The molecule has 0 bridgehead atoms. The van der Waals surface area contributed by atoms with Crippen LogP contribution >= 0.6 is 15.9 Å². The number of ether oxygens (including phenoxy) is 1. The van der Waals surface area contributed by atoms with Crippen molar-refractivity contribution in [3.05, 3.63) is 34.8 Å². The van der Waals surface area contributed by atoms with Crippen molar-refractivity contribution < 1.29 is 9.13 Å². The van der Waals surface area contributed by atoms with Gasteiger partial charge in [0.25, 0.3) is 0 Å². The molecule has 0 unspecified atom stereocenters. The number of benzene rings is 1. The van der Waals surface area contributed by atoms with Crippen LogP contribution in [0.1, 0.15) is 13.3 Å². The first-order valence-corrected chi connectivity index (χ1v) is 6.86. The minimum Gasteiger partial charge on any atom is -0.476 e. The zero-order valence-corrected chi connectivity index (χ0v) is 12.4. The Labute approximate surface area is 124 Å². The van der Waals surface area contributed by atoms with Gasteiger partial charge in [-0.1, -0.05) is 6.92 Å². The summed E-state index contributed by atoms with van der Waals surface area (Å²) in [4.78, 5) is 8.00. The standard InChI is InChI=1S/C13H14BrFN4O/c1-2-5-20-13-11(16)12(17-7-18-13)19-8-3-4-9(14)10(15)6-8/h3-4,6-7H,2,5,16H2,1H3,(H,17,18,19). The van der Waals surface area contributed by atoms with E-state index in [0.29, 0.717) is 34.2 Å². The molecule has 0 saturated heterocycles. The van der Waals surface area contributed by atoms with Crippen LogP contribution in [0.3, 0.4) is 0 Å². The van der Waals surface area contributed by atoms with Crippen molar-refractivity contribution in [1.29, 1.82) is 0 Å². The number of nitrogens with one attached hydrogen (secondary N) is 1. The quantitative estimate of drug-likeness (QED) is 0.871. The highest BCUT2D eigenvalue weighted by molar-refractivity contribution is 9.10. The second-order valence-corrected chi connectivity index (χ2v) is 4.90. The monoisotopic (exact) mass is 340 g/mol. The van der Waals surface area contributed by atoms with E-state index in [9.17, 15) is 4.39 Å². The van der Waals surface area contributed by atoms with E-state index in [4.69, 9.17) is 10.5 Å². The number of nitrogens with zero attached hydrogens (tertiary/aromatic N) is 2. The average molecular weight is 341 g/mol. The maximum atomic E-state index is 13.5. The van der Waals surface area contributed by atoms with Gasteiger partial charge in [-0.25, -0.2) is 9.37 Å². The third-order valence-electron chi connectivity index (χ3n) is 2.47. The van der Waals surface area contributed by atoms with E-state index < -0.39 is 0 Å². The van der Waals surface area contributed by atoms with E-state index in [-0.39, 0.29) is 5.82 Å². The Kier molecular flexibility index (Phi) is 4.73. The first-order valence-electron chi connectivity index (χ1n) is 6.07. The van der Waals surface area contributed by atoms with Crippen LogP contribution in [0.25, 0.3) is 0 Å². The summed E-state index contributed by atoms with van der Waals surface area (Å²) in [6.07, 6.45) is 2.20. The Balaban J connectivity index is 2.22. The number of rotatable bonds is 5. The van der Waals surface area contributed by atoms with Gasteiger partial charge >= 0.3 is 0 Å². The van der Waals surface area contributed by atoms with Crippen molar-refractivity contribution in [2.75, 3.05) is 17.7 Å². The molecule has 3 N–H and O–H groups in total. The van der Waals surface area contributed by atoms with Gasteiger partial charge in [0.15, 0.2) is 5.82 Å². The lowest BCUT2D eigenvalue weighted by molar-refractivity contribution is 0.307. The van der Waals surface area contributed by atoms with Crippen LogP contribution in [0, 0.1) is 5.82 Å². The van der Waals surface area contributed by atoms with Crippen molar-refractivity contribution in [3.8, 4) is 5.88 Å². The fourth-order valence-electron chi connectivity index (χ4n) is 1.50. The number of hydrogen-bond acceptors (Lipinski definition) is 5. The Morgan fingerprint density at radius 1 is 1.40 bits per heavy atom. The minimum atomic E-state index is -0.370. The lowest BCUT2D eigenvalue weighted by atomic mass is 10.3. The molecule has 1 aromatic heterocycles. The molecule has 0 spiro atoms. The maximum Gasteiger partial charge on any atom is 0.242 e. The molecule has 1 heterocycles. The van der Waals surface area contributed by atoms with Crippen LogP contribution in [-0.2, 0) is 0 Å². The highest BCUT2D eigenvalue weighted by Crippen LogP contribution is 2.28. The molecule has 0 aliphatic heterocycles. The van der Waals surface area contributed by atoms with Gasteiger partial charge in [0.05, 0.1) is 11.1 Å². The van der Waals surface area contributed by atoms with Crippen LogP contribution in [-0.4, -0.2) is 16.6 Å². The molecule has 0 aliphatic carbocycles. The van der Waals surface area contributed by atoms with Gasteiger partial charge in [-0.05, 0) is 40.5 Å². The van der Waals surface area contributed by atoms with Gasteiger partial charge in [-0.2, -0.15) is 4.98 Å². The minimum absolute atomic E-state index is 0.296. The smallest absolute Gasteiger partial charge is 0.242 e. The predicted molar refractivity (Wildman–Crippen MR) is 79.6 cm³/mol. The van der Waals surface area contributed by atoms with E-state index in [1.165, 1.54) is 12.4 Å². The van der Waals surface area contributed by atoms with Gasteiger partial charge < -0.3 is 15.8 Å². The Bertz CT molecular complexity index is 609. The van der Waals surface area contributed by atoms with E-state index in [2.05, 4.69) is 31.2 Å². The van der Waals surface area contributed by atoms with Crippen LogP contribution in [0.5, 0.6) is 5.88 Å². The summed E-state index contributed by atoms with van der Waals surface area (Å²) in [5.41, 5.74) is 6.76. The fraction of sp³-hybridized carbons (Fsp3) is 0.231. The summed E-state index contributed by atoms with van der Waals surface area (Å²) in [7, 11) is 0. The molecule has 20 heavy (non-hydrogen) atoms. The number of anilines is 3. The molecule has 0 amide bonds. The zero-order valence-electron chi connectivity index (χ0n) is 10.9. The van der Waals surface area contributed by atoms with Crippen molar-refractivity contribution in [2.24, 2.45) is 0 Å². The summed E-state index contributed by atoms with van der Waals surface area (Å²) < 4.78 is 19.3. The van der Waals surface area contributed by atoms with E-state index in [1.54, 1.807) is 12.1 Å². The van der Waals surface area contributed by atoms with Gasteiger partial charge in [0, 0.05) is 5.69 Å². The lowest BCUT2D eigenvalue weighted by Crippen LogP contribution is -2.06. The van der Waals surface area contributed by atoms with Gasteiger partial charge in [-0.3, -0.25) is 0 Å². The van der Waals surface area contributed by atoms with Crippen LogP contribution in [0.15, 0.2) is 29.0 Å². The van der Waals surface area contributed by atoms with Crippen LogP contribution < -0.4 is 15.8 Å². The number of hydrogen-bond donors (Lipinski definition) is 2. The molecule has 0 atom stereocenters. The molecule has 1 aromatic carbocycles. The zero-order chi connectivity index (χ0) is 14.5. The van der Waals surface area contributed by atoms with Crippen molar-refractivity contribution in [3.63, 3.8) is 0 Å². The second-order valence-electron chi connectivity index (χ2n) is 4.04. The Morgan fingerprint density at radius 3 is 2.90 bits per heavy atom. The molecule has 2 rings (SSSR count). The number of aromatic nitrogens is 2.